The molecule has 3 aliphatic rings. The molecule has 2 aromatic heterocycles. The summed E-state index contributed by atoms with van der Waals surface area (Å²) in [5, 5.41) is 6.81. The third kappa shape index (κ3) is 4.74. The molecule has 182 valence electrons. The molecule has 3 aliphatic heterocycles. The maximum absolute atomic E-state index is 5.69. The molecular formula is C26H31N7O2. The number of aromatic nitrogens is 3. The van der Waals surface area contributed by atoms with Gasteiger partial charge in [-0.25, -0.2) is 15.0 Å². The Balaban J connectivity index is 1.14. The van der Waals surface area contributed by atoms with Gasteiger partial charge in [-0.1, -0.05) is 12.1 Å². The Hall–Kier alpha value is -3.43. The van der Waals surface area contributed by atoms with Crippen LogP contribution in [0.3, 0.4) is 0 Å². The minimum absolute atomic E-state index is 0.627. The lowest BCUT2D eigenvalue weighted by atomic mass is 10.0. The molecule has 9 heteroatoms. The van der Waals surface area contributed by atoms with Crippen LogP contribution < -0.4 is 20.3 Å². The third-order valence-corrected chi connectivity index (χ3v) is 6.93. The van der Waals surface area contributed by atoms with Gasteiger partial charge in [0.15, 0.2) is 0 Å². The molecular weight excluding hydrogens is 442 g/mol. The number of ether oxygens (including phenoxy) is 2. The standard InChI is InChI=1S/C26H31N7O2/c1-18-23(15-28-25-24(18)27-7-11-35-25)33-8-6-20-14-29-26(31-22(20)17-33)30-21-4-2-19(3-5-21)16-32-9-12-34-13-10-32/h2-5,14-15,27H,6-13,16-17H2,1H3,(H,29,30,31). The molecule has 5 heterocycles. The Morgan fingerprint density at radius 3 is 2.74 bits per heavy atom. The monoisotopic (exact) mass is 473 g/mol. The summed E-state index contributed by atoms with van der Waals surface area (Å²) in [7, 11) is 0. The fraction of sp³-hybridized carbons (Fsp3) is 0.423. The van der Waals surface area contributed by atoms with Crippen molar-refractivity contribution in [3.8, 4) is 5.88 Å². The van der Waals surface area contributed by atoms with Crippen LogP contribution in [0.15, 0.2) is 36.7 Å². The summed E-state index contributed by atoms with van der Waals surface area (Å²) in [4.78, 5) is 18.8. The van der Waals surface area contributed by atoms with Crippen LogP contribution in [0.25, 0.3) is 0 Å². The maximum Gasteiger partial charge on any atom is 0.237 e. The van der Waals surface area contributed by atoms with Crippen LogP contribution in [0.1, 0.15) is 22.4 Å². The summed E-state index contributed by atoms with van der Waals surface area (Å²) in [6, 6.07) is 8.54. The Kier molecular flexibility index (Phi) is 6.10. The largest absolute Gasteiger partial charge is 0.474 e. The van der Waals surface area contributed by atoms with E-state index in [0.717, 1.165) is 81.7 Å². The highest BCUT2D eigenvalue weighted by molar-refractivity contribution is 5.70. The quantitative estimate of drug-likeness (QED) is 0.580. The Morgan fingerprint density at radius 1 is 1.03 bits per heavy atom. The van der Waals surface area contributed by atoms with Gasteiger partial charge in [0.25, 0.3) is 0 Å². The minimum Gasteiger partial charge on any atom is -0.474 e. The van der Waals surface area contributed by atoms with Gasteiger partial charge < -0.3 is 25.0 Å². The first-order valence-electron chi connectivity index (χ1n) is 12.3. The number of nitrogens with one attached hydrogen (secondary N) is 2. The summed E-state index contributed by atoms with van der Waals surface area (Å²) in [5.41, 5.74) is 7.84. The van der Waals surface area contributed by atoms with E-state index in [1.807, 2.05) is 12.4 Å². The topological polar surface area (TPSA) is 87.7 Å². The SMILES string of the molecule is Cc1c(N2CCc3cnc(Nc4ccc(CN5CCOCC5)cc4)nc3C2)cnc2c1NCCO2. The number of hydrogen-bond donors (Lipinski definition) is 2. The molecule has 0 aliphatic carbocycles. The number of fused-ring (bicyclic) bond motifs is 2. The molecule has 0 spiro atoms. The number of anilines is 4. The molecule has 2 N–H and O–H groups in total. The van der Waals surface area contributed by atoms with Crippen molar-refractivity contribution in [1.29, 1.82) is 0 Å². The molecule has 0 bridgehead atoms. The van der Waals surface area contributed by atoms with Gasteiger partial charge in [-0.05, 0) is 36.6 Å². The van der Waals surface area contributed by atoms with Crippen LogP contribution in [-0.4, -0.2) is 65.9 Å². The minimum atomic E-state index is 0.627. The second-order valence-corrected chi connectivity index (χ2v) is 9.27. The normalized spacial score (nSPS) is 17.7. The van der Waals surface area contributed by atoms with Crippen molar-refractivity contribution in [1.82, 2.24) is 19.9 Å². The van der Waals surface area contributed by atoms with Crippen molar-refractivity contribution >= 4 is 23.0 Å². The van der Waals surface area contributed by atoms with Crippen LogP contribution in [0.5, 0.6) is 5.88 Å². The number of pyridine rings is 1. The van der Waals surface area contributed by atoms with Crippen molar-refractivity contribution in [2.75, 3.05) is 61.5 Å². The van der Waals surface area contributed by atoms with Crippen molar-refractivity contribution < 1.29 is 9.47 Å². The first-order chi connectivity index (χ1) is 17.2. The van der Waals surface area contributed by atoms with Gasteiger partial charge in [-0.3, -0.25) is 4.90 Å². The van der Waals surface area contributed by atoms with Crippen LogP contribution in [0, 0.1) is 6.92 Å². The van der Waals surface area contributed by atoms with E-state index in [-0.39, 0.29) is 0 Å². The number of rotatable bonds is 5. The van der Waals surface area contributed by atoms with Gasteiger partial charge in [0.05, 0.1) is 37.3 Å². The molecule has 9 nitrogen and oxygen atoms in total. The molecule has 1 fully saturated rings. The fourth-order valence-electron chi connectivity index (χ4n) is 4.94. The van der Waals surface area contributed by atoms with Gasteiger partial charge >= 0.3 is 0 Å². The summed E-state index contributed by atoms with van der Waals surface area (Å²) >= 11 is 0. The van der Waals surface area contributed by atoms with Gasteiger partial charge in [-0.15, -0.1) is 0 Å². The average Bonchev–Trinajstić information content (AvgIpc) is 2.90. The van der Waals surface area contributed by atoms with Crippen molar-refractivity contribution in [3.63, 3.8) is 0 Å². The molecule has 0 unspecified atom stereocenters. The summed E-state index contributed by atoms with van der Waals surface area (Å²) < 4.78 is 11.1. The lowest BCUT2D eigenvalue weighted by Crippen LogP contribution is -2.35. The van der Waals surface area contributed by atoms with Crippen LogP contribution in [0.2, 0.25) is 0 Å². The summed E-state index contributed by atoms with van der Waals surface area (Å²) in [6.45, 7) is 9.80. The smallest absolute Gasteiger partial charge is 0.237 e. The summed E-state index contributed by atoms with van der Waals surface area (Å²) in [5.74, 6) is 1.32. The maximum atomic E-state index is 5.69. The van der Waals surface area contributed by atoms with E-state index in [9.17, 15) is 0 Å². The average molecular weight is 474 g/mol. The predicted octanol–water partition coefficient (Wildman–Crippen LogP) is 3.12. The van der Waals surface area contributed by atoms with E-state index in [1.54, 1.807) is 0 Å². The lowest BCUT2D eigenvalue weighted by Gasteiger charge is -2.32. The zero-order valence-electron chi connectivity index (χ0n) is 20.1. The Bertz CT molecular complexity index is 1200. The molecule has 0 saturated carbocycles. The molecule has 3 aromatic rings. The fourth-order valence-corrected chi connectivity index (χ4v) is 4.94. The van der Waals surface area contributed by atoms with E-state index in [4.69, 9.17) is 14.5 Å². The number of hydrogen-bond acceptors (Lipinski definition) is 9. The van der Waals surface area contributed by atoms with Crippen molar-refractivity contribution in [3.05, 3.63) is 59.0 Å². The zero-order chi connectivity index (χ0) is 23.6. The molecule has 6 rings (SSSR count). The Labute approximate surface area is 205 Å². The predicted molar refractivity (Wildman–Crippen MR) is 136 cm³/mol. The number of benzene rings is 1. The van der Waals surface area contributed by atoms with Gasteiger partial charge in [0.2, 0.25) is 11.8 Å². The van der Waals surface area contributed by atoms with E-state index < -0.39 is 0 Å². The molecule has 0 atom stereocenters. The lowest BCUT2D eigenvalue weighted by molar-refractivity contribution is 0.0342. The second kappa shape index (κ2) is 9.67. The van der Waals surface area contributed by atoms with E-state index in [0.29, 0.717) is 18.4 Å². The molecule has 1 aromatic carbocycles. The first kappa shape index (κ1) is 22.1. The zero-order valence-corrected chi connectivity index (χ0v) is 20.1. The highest BCUT2D eigenvalue weighted by Crippen LogP contribution is 2.36. The summed E-state index contributed by atoms with van der Waals surface area (Å²) in [6.07, 6.45) is 4.79. The van der Waals surface area contributed by atoms with E-state index in [2.05, 4.69) is 61.6 Å². The highest BCUT2D eigenvalue weighted by Gasteiger charge is 2.24. The van der Waals surface area contributed by atoms with Gasteiger partial charge in [0.1, 0.15) is 12.3 Å². The van der Waals surface area contributed by atoms with Crippen LogP contribution in [-0.2, 0) is 24.2 Å². The molecule has 1 saturated heterocycles. The molecule has 35 heavy (non-hydrogen) atoms. The van der Waals surface area contributed by atoms with Crippen LogP contribution >= 0.6 is 0 Å². The first-order valence-corrected chi connectivity index (χ1v) is 12.3. The molecule has 0 radical (unpaired) electrons. The highest BCUT2D eigenvalue weighted by atomic mass is 16.5. The number of nitrogens with zero attached hydrogens (tertiary/aromatic N) is 5. The number of morpholine rings is 1. The molecule has 0 amide bonds. The van der Waals surface area contributed by atoms with Crippen molar-refractivity contribution in [2.24, 2.45) is 0 Å². The van der Waals surface area contributed by atoms with Crippen LogP contribution in [0.4, 0.5) is 23.0 Å². The van der Waals surface area contributed by atoms with E-state index in [1.165, 1.54) is 16.7 Å². The third-order valence-electron chi connectivity index (χ3n) is 6.93. The van der Waals surface area contributed by atoms with Crippen molar-refractivity contribution in [2.45, 2.75) is 26.4 Å². The van der Waals surface area contributed by atoms with Gasteiger partial charge in [0, 0.05) is 50.2 Å². The Morgan fingerprint density at radius 2 is 1.89 bits per heavy atom. The van der Waals surface area contributed by atoms with Gasteiger partial charge in [-0.2, -0.15) is 0 Å². The second-order valence-electron chi connectivity index (χ2n) is 9.27. The van der Waals surface area contributed by atoms with E-state index >= 15 is 0 Å².